The van der Waals surface area contributed by atoms with Gasteiger partial charge in [-0.25, -0.2) is 5.53 Å². The first-order valence-corrected chi connectivity index (χ1v) is 3.67. The van der Waals surface area contributed by atoms with Crippen LogP contribution in [0.4, 0.5) is 0 Å². The Labute approximate surface area is 79.6 Å². The van der Waals surface area contributed by atoms with Crippen LogP contribution in [0.5, 0.6) is 0 Å². The molecule has 10 heteroatoms. The fourth-order valence-electron chi connectivity index (χ4n) is 0.542. The van der Waals surface area contributed by atoms with E-state index in [-0.39, 0.29) is 5.96 Å². The van der Waals surface area contributed by atoms with E-state index in [4.69, 9.17) is 0 Å². The monoisotopic (exact) mass is 198 g/mol. The third kappa shape index (κ3) is 3.10. The van der Waals surface area contributed by atoms with Crippen molar-refractivity contribution in [3.63, 3.8) is 0 Å². The van der Waals surface area contributed by atoms with E-state index in [1.807, 2.05) is 0 Å². The summed E-state index contributed by atoms with van der Waals surface area (Å²) < 4.78 is 0. The topological polar surface area (TPSA) is 122 Å². The van der Waals surface area contributed by atoms with E-state index in [0.29, 0.717) is 5.96 Å². The summed E-state index contributed by atoms with van der Waals surface area (Å²) in [5, 5.41) is 24.2. The Balaban J connectivity index is 2.54. The summed E-state index contributed by atoms with van der Waals surface area (Å²) in [7, 11) is 3.15. The van der Waals surface area contributed by atoms with E-state index in [9.17, 15) is 0 Å². The highest BCUT2D eigenvalue weighted by atomic mass is 15.8. The summed E-state index contributed by atoms with van der Waals surface area (Å²) in [6.45, 7) is 0. The van der Waals surface area contributed by atoms with Crippen molar-refractivity contribution in [1.29, 1.82) is 0 Å². The third-order valence-corrected chi connectivity index (χ3v) is 1.08. The summed E-state index contributed by atoms with van der Waals surface area (Å²) in [6.07, 6.45) is 0. The SMILES string of the molecule is C\N=N/N=C(/N=N/C1=NNNN1)NC. The maximum atomic E-state index is 3.70. The number of azo groups is 1. The fraction of sp³-hybridized carbons (Fsp3) is 0.500. The lowest BCUT2D eigenvalue weighted by molar-refractivity contribution is 0.576. The zero-order chi connectivity index (χ0) is 10.2. The van der Waals surface area contributed by atoms with Gasteiger partial charge in [0, 0.05) is 7.05 Å². The quantitative estimate of drug-likeness (QED) is 0.185. The standard InChI is InChI=1S/C4H10N10/c1-5-3(9-12-6-2)7-8-4-10-13-14-11-4/h13-14H,1-2H3,(H,10,11)(H,5,6,9)/b8-7+. The number of guanidine groups is 2. The molecule has 0 amide bonds. The molecule has 0 atom stereocenters. The number of hydrazone groups is 1. The minimum atomic E-state index is 0.229. The summed E-state index contributed by atoms with van der Waals surface area (Å²) in [4.78, 5) is 0. The second-order valence-corrected chi connectivity index (χ2v) is 1.96. The maximum absolute atomic E-state index is 3.70. The first-order valence-electron chi connectivity index (χ1n) is 3.67. The number of hydrogen-bond acceptors (Lipinski definition) is 7. The first kappa shape index (κ1) is 9.98. The summed E-state index contributed by atoms with van der Waals surface area (Å²) in [5.41, 5.74) is 7.51. The molecule has 0 bridgehead atoms. The van der Waals surface area contributed by atoms with Crippen LogP contribution in [0.15, 0.2) is 30.8 Å². The van der Waals surface area contributed by atoms with Crippen LogP contribution in [-0.2, 0) is 0 Å². The van der Waals surface area contributed by atoms with Crippen molar-refractivity contribution in [3.05, 3.63) is 0 Å². The van der Waals surface area contributed by atoms with E-state index in [0.717, 1.165) is 0 Å². The van der Waals surface area contributed by atoms with Gasteiger partial charge in [-0.15, -0.1) is 20.9 Å². The molecule has 1 aliphatic rings. The molecule has 10 nitrogen and oxygen atoms in total. The molecule has 14 heavy (non-hydrogen) atoms. The number of rotatable bonds is 1. The van der Waals surface area contributed by atoms with Crippen molar-refractivity contribution in [2.24, 2.45) is 30.8 Å². The molecule has 0 aromatic carbocycles. The van der Waals surface area contributed by atoms with Gasteiger partial charge >= 0.3 is 0 Å². The van der Waals surface area contributed by atoms with Gasteiger partial charge in [0.05, 0.1) is 7.05 Å². The van der Waals surface area contributed by atoms with Crippen LogP contribution >= 0.6 is 0 Å². The molecular formula is C4H10N10. The van der Waals surface area contributed by atoms with Crippen LogP contribution in [0, 0.1) is 0 Å². The maximum Gasteiger partial charge on any atom is 0.276 e. The van der Waals surface area contributed by atoms with Gasteiger partial charge in [0.25, 0.3) is 11.9 Å². The summed E-state index contributed by atoms with van der Waals surface area (Å²) in [5.74, 6) is 0.522. The molecule has 0 saturated heterocycles. The zero-order valence-electron chi connectivity index (χ0n) is 7.68. The lowest BCUT2D eigenvalue weighted by Gasteiger charge is -1.93. The second-order valence-electron chi connectivity index (χ2n) is 1.96. The Morgan fingerprint density at radius 2 is 2.36 bits per heavy atom. The number of hydrogen-bond donors (Lipinski definition) is 4. The Morgan fingerprint density at radius 1 is 1.50 bits per heavy atom. The highest BCUT2D eigenvalue weighted by Gasteiger charge is 2.01. The van der Waals surface area contributed by atoms with Gasteiger partial charge in [0.2, 0.25) is 0 Å². The molecule has 0 aromatic rings. The van der Waals surface area contributed by atoms with Gasteiger partial charge in [-0.3, -0.25) is 5.43 Å². The predicted octanol–water partition coefficient (Wildman–Crippen LogP) is -1.11. The van der Waals surface area contributed by atoms with Gasteiger partial charge in [0.1, 0.15) is 0 Å². The second kappa shape index (κ2) is 5.53. The number of nitrogens with zero attached hydrogens (tertiary/aromatic N) is 6. The van der Waals surface area contributed by atoms with Gasteiger partial charge in [-0.2, -0.15) is 5.11 Å². The van der Waals surface area contributed by atoms with Crippen LogP contribution in [0.1, 0.15) is 0 Å². The van der Waals surface area contributed by atoms with E-state index < -0.39 is 0 Å². The van der Waals surface area contributed by atoms with Gasteiger partial charge in [0.15, 0.2) is 0 Å². The fourth-order valence-corrected chi connectivity index (χ4v) is 0.542. The van der Waals surface area contributed by atoms with Gasteiger partial charge in [-0.1, -0.05) is 5.10 Å². The lowest BCUT2D eigenvalue weighted by Crippen LogP contribution is -2.34. The zero-order valence-corrected chi connectivity index (χ0v) is 7.68. The summed E-state index contributed by atoms with van der Waals surface area (Å²) >= 11 is 0. The average Bonchev–Trinajstić information content (AvgIpc) is 2.71. The molecule has 1 aliphatic heterocycles. The van der Waals surface area contributed by atoms with E-state index in [1.54, 1.807) is 7.05 Å². The van der Waals surface area contributed by atoms with Crippen LogP contribution in [-0.4, -0.2) is 26.0 Å². The Bertz CT molecular complexity index is 286. The molecule has 1 rings (SSSR count). The van der Waals surface area contributed by atoms with Crippen molar-refractivity contribution in [3.8, 4) is 0 Å². The molecule has 0 aromatic heterocycles. The molecule has 0 radical (unpaired) electrons. The third-order valence-electron chi connectivity index (χ3n) is 1.08. The number of hydrazine groups is 2. The molecule has 0 unspecified atom stereocenters. The van der Waals surface area contributed by atoms with Crippen LogP contribution in [0.25, 0.3) is 0 Å². The molecule has 0 aliphatic carbocycles. The molecule has 0 spiro atoms. The Kier molecular flexibility index (Phi) is 3.94. The van der Waals surface area contributed by atoms with Crippen LogP contribution < -0.4 is 21.8 Å². The highest BCUT2D eigenvalue weighted by molar-refractivity contribution is 5.84. The highest BCUT2D eigenvalue weighted by Crippen LogP contribution is 1.84. The minimum absolute atomic E-state index is 0.229. The van der Waals surface area contributed by atoms with Gasteiger partial charge < -0.3 is 5.32 Å². The van der Waals surface area contributed by atoms with E-state index in [2.05, 4.69) is 52.6 Å². The minimum Gasteiger partial charge on any atom is -0.355 e. The van der Waals surface area contributed by atoms with E-state index in [1.165, 1.54) is 7.05 Å². The summed E-state index contributed by atoms with van der Waals surface area (Å²) in [6, 6.07) is 0. The van der Waals surface area contributed by atoms with Gasteiger partial charge in [-0.05, 0) is 5.22 Å². The first-order chi connectivity index (χ1) is 6.86. The molecule has 4 N–H and O–H groups in total. The molecule has 0 fully saturated rings. The predicted molar refractivity (Wildman–Crippen MR) is 49.0 cm³/mol. The average molecular weight is 198 g/mol. The van der Waals surface area contributed by atoms with E-state index >= 15 is 0 Å². The molecule has 76 valence electrons. The molecular weight excluding hydrogens is 188 g/mol. The van der Waals surface area contributed by atoms with Crippen molar-refractivity contribution in [2.75, 3.05) is 14.1 Å². The lowest BCUT2D eigenvalue weighted by atomic mass is 11.0. The largest absolute Gasteiger partial charge is 0.355 e. The Hall–Kier alpha value is -2.10. The number of nitrogens with one attached hydrogen (secondary N) is 4. The van der Waals surface area contributed by atoms with Crippen LogP contribution in [0.2, 0.25) is 0 Å². The van der Waals surface area contributed by atoms with Crippen molar-refractivity contribution >= 4 is 11.9 Å². The smallest absolute Gasteiger partial charge is 0.276 e. The normalized spacial score (nSPS) is 17.0. The van der Waals surface area contributed by atoms with Crippen molar-refractivity contribution in [1.82, 2.24) is 21.8 Å². The van der Waals surface area contributed by atoms with Crippen molar-refractivity contribution in [2.45, 2.75) is 0 Å². The molecule has 0 saturated carbocycles. The Morgan fingerprint density at radius 3 is 2.93 bits per heavy atom. The molecule has 1 heterocycles. The van der Waals surface area contributed by atoms with Crippen LogP contribution in [0.3, 0.4) is 0 Å². The van der Waals surface area contributed by atoms with Crippen molar-refractivity contribution < 1.29 is 0 Å².